The lowest BCUT2D eigenvalue weighted by molar-refractivity contribution is 0.349. The second-order valence-corrected chi connectivity index (χ2v) is 16.6. The fraction of sp³-hybridized carbons (Fsp3) is 0. The molecule has 1 aromatic heterocycles. The Morgan fingerprint density at radius 2 is 0.723 bits per heavy atom. The average molecular weight is 855 g/mol. The van der Waals surface area contributed by atoms with Crippen LogP contribution in [0.4, 0.5) is 0 Å². The second kappa shape index (κ2) is 12.2. The van der Waals surface area contributed by atoms with Gasteiger partial charge in [-0.05, 0) is 99.0 Å². The van der Waals surface area contributed by atoms with Crippen LogP contribution in [0.5, 0.6) is 57.5 Å². The van der Waals surface area contributed by atoms with E-state index in [9.17, 15) is 51.1 Å². The van der Waals surface area contributed by atoms with Crippen molar-refractivity contribution < 1.29 is 55.5 Å². The summed E-state index contributed by atoms with van der Waals surface area (Å²) in [4.78, 5) is 0. The molecule has 0 bridgehead atoms. The molecule has 65 heavy (non-hydrogen) atoms. The van der Waals surface area contributed by atoms with Gasteiger partial charge in [0.2, 0.25) is 23.0 Å². The van der Waals surface area contributed by atoms with Crippen molar-refractivity contribution in [2.45, 2.75) is 0 Å². The number of aromatic hydroxyl groups is 10. The molecule has 0 radical (unpaired) electrons. The van der Waals surface area contributed by atoms with Gasteiger partial charge in [-0.15, -0.1) is 0 Å². The van der Waals surface area contributed by atoms with Gasteiger partial charge in [0.1, 0.15) is 11.5 Å². The van der Waals surface area contributed by atoms with E-state index in [-0.39, 0.29) is 16.5 Å². The fourth-order valence-electron chi connectivity index (χ4n) is 10.5. The molecule has 0 aliphatic heterocycles. The van der Waals surface area contributed by atoms with Crippen LogP contribution < -0.4 is 0 Å². The number of hydrogen-bond acceptors (Lipinski definition) is 11. The first kappa shape index (κ1) is 36.4. The summed E-state index contributed by atoms with van der Waals surface area (Å²) in [5.41, 5.74) is 0.678. The number of rotatable bonds is 3. The molecule has 0 unspecified atom stereocenters. The fourth-order valence-corrected chi connectivity index (χ4v) is 10.5. The Bertz CT molecular complexity index is 4270. The first-order valence-electron chi connectivity index (χ1n) is 20.5. The molecule has 11 nitrogen and oxygen atoms in total. The van der Waals surface area contributed by atoms with Crippen molar-refractivity contribution in [1.29, 1.82) is 0 Å². The molecular formula is C54H30O11. The van der Waals surface area contributed by atoms with E-state index >= 15 is 0 Å². The van der Waals surface area contributed by atoms with Gasteiger partial charge in [-0.1, -0.05) is 109 Å². The minimum atomic E-state index is -1.21. The van der Waals surface area contributed by atoms with Gasteiger partial charge in [0.05, 0.1) is 16.2 Å². The van der Waals surface area contributed by atoms with Gasteiger partial charge >= 0.3 is 0 Å². The highest BCUT2D eigenvalue weighted by atomic mass is 16.4. The van der Waals surface area contributed by atoms with Crippen molar-refractivity contribution in [3.05, 3.63) is 121 Å². The van der Waals surface area contributed by atoms with E-state index in [1.807, 2.05) is 72.8 Å². The van der Waals surface area contributed by atoms with Crippen LogP contribution in [0.2, 0.25) is 0 Å². The summed E-state index contributed by atoms with van der Waals surface area (Å²) >= 11 is 0. The number of furan rings is 1. The summed E-state index contributed by atoms with van der Waals surface area (Å²) in [6.45, 7) is 0. The zero-order valence-electron chi connectivity index (χ0n) is 33.4. The van der Waals surface area contributed by atoms with Crippen LogP contribution in [0.1, 0.15) is 0 Å². The summed E-state index contributed by atoms with van der Waals surface area (Å²) in [5.74, 6) is -9.93. The molecule has 0 aliphatic carbocycles. The lowest BCUT2D eigenvalue weighted by Crippen LogP contribution is -1.94. The molecule has 1 heterocycles. The topological polar surface area (TPSA) is 215 Å². The maximum atomic E-state index is 12.7. The molecule has 0 spiro atoms. The van der Waals surface area contributed by atoms with Crippen molar-refractivity contribution in [3.8, 4) is 90.9 Å². The first-order chi connectivity index (χ1) is 31.4. The molecule has 11 heteroatoms. The number of phenolic OH excluding ortho intramolecular Hbond substituents is 10. The highest BCUT2D eigenvalue weighted by Gasteiger charge is 2.35. The Hall–Kier alpha value is -9.22. The van der Waals surface area contributed by atoms with Crippen LogP contribution >= 0.6 is 0 Å². The van der Waals surface area contributed by atoms with E-state index in [1.54, 1.807) is 0 Å². The highest BCUT2D eigenvalue weighted by molar-refractivity contribution is 6.30. The van der Waals surface area contributed by atoms with Crippen molar-refractivity contribution in [2.24, 2.45) is 0 Å². The van der Waals surface area contributed by atoms with E-state index in [4.69, 9.17) is 4.42 Å². The minimum absolute atomic E-state index is 0.0818. The maximum absolute atomic E-state index is 12.7. The molecule has 0 amide bonds. The van der Waals surface area contributed by atoms with E-state index in [1.165, 1.54) is 6.07 Å². The first-order valence-corrected chi connectivity index (χ1v) is 20.5. The molecule has 13 rings (SSSR count). The zero-order chi connectivity index (χ0) is 44.5. The van der Waals surface area contributed by atoms with Gasteiger partial charge in [0, 0.05) is 16.5 Å². The van der Waals surface area contributed by atoms with Crippen LogP contribution in [0, 0.1) is 0 Å². The number of phenols is 10. The molecule has 0 aliphatic rings. The van der Waals surface area contributed by atoms with Gasteiger partial charge in [-0.2, -0.15) is 0 Å². The molecule has 0 saturated heterocycles. The molecule has 12 aromatic carbocycles. The summed E-state index contributed by atoms with van der Waals surface area (Å²) < 4.78 is 5.95. The van der Waals surface area contributed by atoms with Crippen LogP contribution in [-0.4, -0.2) is 51.1 Å². The number of benzene rings is 12. The standard InChI is InChI=1S/C54H30O11/c55-33-20-27(28-15-11-25-9-7-21-3-1-5-23-13-17-30(28)36(25)34(21)23)19-32(29-16-12-26-10-8-22-4-2-6-24-14-18-31(29)37(26)35(22)24)38(33)39-40-43-44(56)41-42(47(59)50(62)49(61)46(41)58)48(60)54(43)65-53(40)52(64)51(63)45(39)57/h1-20,55-64H. The van der Waals surface area contributed by atoms with Gasteiger partial charge in [0.15, 0.2) is 34.2 Å². The molecular weight excluding hydrogens is 825 g/mol. The summed E-state index contributed by atoms with van der Waals surface area (Å²) in [6.07, 6.45) is 0. The highest BCUT2D eigenvalue weighted by Crippen LogP contribution is 2.62. The van der Waals surface area contributed by atoms with Gasteiger partial charge in [-0.3, -0.25) is 0 Å². The lowest BCUT2D eigenvalue weighted by atomic mass is 9.83. The smallest absolute Gasteiger partial charge is 0.205 e. The van der Waals surface area contributed by atoms with E-state index in [2.05, 4.69) is 42.5 Å². The SMILES string of the molecule is Oc1cc(-c2ccc3ccc4cccc5ccc2c3c45)cc(-c2ccc3ccc4cccc5ccc2c3c45)c1-c1c(O)c(O)c(O)c2oc3c(O)c4c(O)c(O)c(O)c(O)c4c(O)c3c12. The Kier molecular flexibility index (Phi) is 6.86. The summed E-state index contributed by atoms with van der Waals surface area (Å²) in [5, 5.41) is 124. The van der Waals surface area contributed by atoms with E-state index in [0.717, 1.165) is 70.2 Å². The third-order valence-corrected chi connectivity index (χ3v) is 13.4. The van der Waals surface area contributed by atoms with Gasteiger partial charge < -0.3 is 55.5 Å². The Labute approximate surface area is 363 Å². The van der Waals surface area contributed by atoms with Crippen LogP contribution in [0.3, 0.4) is 0 Å². The molecule has 312 valence electrons. The molecule has 10 N–H and O–H groups in total. The van der Waals surface area contributed by atoms with Crippen LogP contribution in [0.15, 0.2) is 126 Å². The minimum Gasteiger partial charge on any atom is -0.507 e. The summed E-state index contributed by atoms with van der Waals surface area (Å²) in [7, 11) is 0. The summed E-state index contributed by atoms with van der Waals surface area (Å²) in [6, 6.07) is 39.8. The number of hydrogen-bond donors (Lipinski definition) is 10. The molecule has 13 aromatic rings. The maximum Gasteiger partial charge on any atom is 0.205 e. The second-order valence-electron chi connectivity index (χ2n) is 16.6. The monoisotopic (exact) mass is 854 g/mol. The number of fused-ring (bicyclic) bond motifs is 4. The average Bonchev–Trinajstić information content (AvgIpc) is 3.73. The largest absolute Gasteiger partial charge is 0.507 e. The molecule has 0 saturated carbocycles. The zero-order valence-corrected chi connectivity index (χ0v) is 33.4. The third kappa shape index (κ3) is 4.47. The quantitative estimate of drug-likeness (QED) is 0.0458. The predicted molar refractivity (Wildman–Crippen MR) is 252 cm³/mol. The van der Waals surface area contributed by atoms with Gasteiger partial charge in [0.25, 0.3) is 0 Å². The molecule has 0 fully saturated rings. The lowest BCUT2D eigenvalue weighted by Gasteiger charge is -2.21. The Balaban J connectivity index is 1.21. The van der Waals surface area contributed by atoms with Crippen LogP contribution in [-0.2, 0) is 0 Å². The van der Waals surface area contributed by atoms with Crippen LogP contribution in [0.25, 0.3) is 131 Å². The third-order valence-electron chi connectivity index (χ3n) is 13.4. The normalized spacial score (nSPS) is 12.3. The van der Waals surface area contributed by atoms with Crippen molar-refractivity contribution in [3.63, 3.8) is 0 Å². The van der Waals surface area contributed by atoms with Gasteiger partial charge in [-0.25, -0.2) is 0 Å². The van der Waals surface area contributed by atoms with Crippen molar-refractivity contribution in [1.82, 2.24) is 0 Å². The van der Waals surface area contributed by atoms with Crippen molar-refractivity contribution >= 4 is 97.3 Å². The molecule has 0 atom stereocenters. The van der Waals surface area contributed by atoms with Crippen molar-refractivity contribution in [2.75, 3.05) is 0 Å². The van der Waals surface area contributed by atoms with E-state index in [0.29, 0.717) is 16.7 Å². The Morgan fingerprint density at radius 1 is 0.277 bits per heavy atom. The van der Waals surface area contributed by atoms with E-state index < -0.39 is 84.8 Å². The predicted octanol–water partition coefficient (Wildman–Crippen LogP) is 12.6. The Morgan fingerprint density at radius 3 is 1.29 bits per heavy atom.